The summed E-state index contributed by atoms with van der Waals surface area (Å²) in [6.45, 7) is 6.50. The van der Waals surface area contributed by atoms with E-state index in [0.717, 1.165) is 17.5 Å². The van der Waals surface area contributed by atoms with Gasteiger partial charge < -0.3 is 20.9 Å². The molecule has 0 radical (unpaired) electrons. The highest BCUT2D eigenvalue weighted by Crippen LogP contribution is 2.28. The van der Waals surface area contributed by atoms with E-state index in [1.165, 1.54) is 7.11 Å². The molecule has 0 aliphatic rings. The number of nitrogens with zero attached hydrogens (tertiary/aromatic N) is 2. The molecular weight excluding hydrogens is 346 g/mol. The predicted molar refractivity (Wildman–Crippen MR) is 105 cm³/mol. The number of carbonyl (C=O) groups is 1. The Morgan fingerprint density at radius 3 is 2.67 bits per heavy atom. The minimum absolute atomic E-state index is 0.324. The number of nitrogens with two attached hydrogens (primary N) is 2. The smallest absolute Gasteiger partial charge is 0.412 e. The molecule has 0 bridgehead atoms. The molecule has 1 atom stereocenters. The molecule has 0 saturated heterocycles. The molecule has 0 aliphatic carbocycles. The van der Waals surface area contributed by atoms with Crippen molar-refractivity contribution in [3.05, 3.63) is 30.6 Å². The van der Waals surface area contributed by atoms with E-state index in [1.54, 1.807) is 30.6 Å². The molecule has 0 unspecified atom stereocenters. The van der Waals surface area contributed by atoms with Crippen LogP contribution in [0.2, 0.25) is 0 Å². The van der Waals surface area contributed by atoms with Crippen molar-refractivity contribution < 1.29 is 14.3 Å². The standard InChI is InChI=1S/C19H27N5O3/c1-12(2)9-19(3,21)11-27-17-15(20)7-14(10-23-17)13-5-6-22-16(8-13)24-18(25)26-4/h5-8,10,12H,9,11,20-21H2,1-4H3,(H,22,24,25)/t19-/m0/s1. The molecule has 8 nitrogen and oxygen atoms in total. The van der Waals surface area contributed by atoms with Crippen LogP contribution in [0.25, 0.3) is 11.1 Å². The molecule has 27 heavy (non-hydrogen) atoms. The molecule has 2 aromatic rings. The van der Waals surface area contributed by atoms with Crippen molar-refractivity contribution in [2.45, 2.75) is 32.7 Å². The number of rotatable bonds is 7. The first-order valence-corrected chi connectivity index (χ1v) is 8.69. The summed E-state index contributed by atoms with van der Waals surface area (Å²) in [5.74, 6) is 1.18. The SMILES string of the molecule is COC(=O)Nc1cc(-c2cnc(OC[C@@](C)(N)CC(C)C)c(N)c2)ccn1. The third kappa shape index (κ3) is 6.10. The van der Waals surface area contributed by atoms with Crippen LogP contribution >= 0.6 is 0 Å². The lowest BCUT2D eigenvalue weighted by atomic mass is 9.93. The molecule has 2 aromatic heterocycles. The van der Waals surface area contributed by atoms with Gasteiger partial charge in [-0.3, -0.25) is 5.32 Å². The highest BCUT2D eigenvalue weighted by atomic mass is 16.5. The van der Waals surface area contributed by atoms with Gasteiger partial charge in [0.25, 0.3) is 0 Å². The number of hydrogen-bond donors (Lipinski definition) is 3. The fourth-order valence-electron chi connectivity index (χ4n) is 2.81. The monoisotopic (exact) mass is 373 g/mol. The van der Waals surface area contributed by atoms with Gasteiger partial charge in [-0.05, 0) is 43.0 Å². The van der Waals surface area contributed by atoms with Gasteiger partial charge in [-0.2, -0.15) is 0 Å². The Balaban J connectivity index is 2.12. The van der Waals surface area contributed by atoms with Gasteiger partial charge >= 0.3 is 6.09 Å². The summed E-state index contributed by atoms with van der Waals surface area (Å²) in [4.78, 5) is 19.7. The topological polar surface area (TPSA) is 125 Å². The van der Waals surface area contributed by atoms with Crippen molar-refractivity contribution in [3.63, 3.8) is 0 Å². The lowest BCUT2D eigenvalue weighted by Gasteiger charge is -2.26. The minimum Gasteiger partial charge on any atom is -0.474 e. The molecule has 1 amide bonds. The zero-order valence-corrected chi connectivity index (χ0v) is 16.2. The molecule has 2 heterocycles. The van der Waals surface area contributed by atoms with Gasteiger partial charge in [-0.25, -0.2) is 14.8 Å². The van der Waals surface area contributed by atoms with E-state index in [4.69, 9.17) is 16.2 Å². The van der Waals surface area contributed by atoms with Crippen LogP contribution in [-0.2, 0) is 4.74 Å². The van der Waals surface area contributed by atoms with Crippen molar-refractivity contribution in [2.24, 2.45) is 11.7 Å². The molecular formula is C19H27N5O3. The van der Waals surface area contributed by atoms with Crippen molar-refractivity contribution in [3.8, 4) is 17.0 Å². The highest BCUT2D eigenvalue weighted by Gasteiger charge is 2.22. The van der Waals surface area contributed by atoms with Crippen molar-refractivity contribution >= 4 is 17.6 Å². The van der Waals surface area contributed by atoms with Gasteiger partial charge in [0.05, 0.1) is 12.8 Å². The molecule has 0 aromatic carbocycles. The van der Waals surface area contributed by atoms with Crippen LogP contribution in [0.1, 0.15) is 27.2 Å². The van der Waals surface area contributed by atoms with Crippen molar-refractivity contribution in [1.29, 1.82) is 0 Å². The normalized spacial score (nSPS) is 13.1. The number of hydrogen-bond acceptors (Lipinski definition) is 7. The summed E-state index contributed by atoms with van der Waals surface area (Å²) in [6.07, 6.45) is 3.47. The Bertz CT molecular complexity index is 793. The Labute approximate surface area is 159 Å². The number of nitrogen functional groups attached to an aromatic ring is 1. The van der Waals surface area contributed by atoms with Gasteiger partial charge in [0.15, 0.2) is 0 Å². The quantitative estimate of drug-likeness (QED) is 0.681. The maximum Gasteiger partial charge on any atom is 0.412 e. The number of anilines is 2. The zero-order valence-electron chi connectivity index (χ0n) is 16.2. The van der Waals surface area contributed by atoms with Crippen molar-refractivity contribution in [2.75, 3.05) is 24.8 Å². The summed E-state index contributed by atoms with van der Waals surface area (Å²) in [6, 6.07) is 5.25. The third-order valence-corrected chi connectivity index (χ3v) is 3.80. The first-order valence-electron chi connectivity index (χ1n) is 8.69. The summed E-state index contributed by atoms with van der Waals surface area (Å²) in [5.41, 5.74) is 13.9. The van der Waals surface area contributed by atoms with Crippen LogP contribution in [-0.4, -0.2) is 35.3 Å². The molecule has 8 heteroatoms. The Hall–Kier alpha value is -2.87. The summed E-state index contributed by atoms with van der Waals surface area (Å²) in [7, 11) is 1.29. The lowest BCUT2D eigenvalue weighted by molar-refractivity contribution is 0.187. The summed E-state index contributed by atoms with van der Waals surface area (Å²) >= 11 is 0. The van der Waals surface area contributed by atoms with E-state index in [1.807, 2.05) is 6.92 Å². The van der Waals surface area contributed by atoms with E-state index in [9.17, 15) is 4.79 Å². The van der Waals surface area contributed by atoms with Crippen molar-refractivity contribution in [1.82, 2.24) is 9.97 Å². The zero-order chi connectivity index (χ0) is 20.0. The van der Waals surface area contributed by atoms with E-state index in [2.05, 4.69) is 33.9 Å². The first-order chi connectivity index (χ1) is 12.7. The Kier molecular flexibility index (Phi) is 6.57. The summed E-state index contributed by atoms with van der Waals surface area (Å²) in [5, 5.41) is 2.52. The second-order valence-corrected chi connectivity index (χ2v) is 7.21. The Morgan fingerprint density at radius 1 is 1.30 bits per heavy atom. The number of aromatic nitrogens is 2. The Morgan fingerprint density at radius 2 is 2.04 bits per heavy atom. The number of ether oxygens (including phenoxy) is 2. The van der Waals surface area contributed by atoms with Crippen LogP contribution < -0.4 is 21.5 Å². The summed E-state index contributed by atoms with van der Waals surface area (Å²) < 4.78 is 10.3. The van der Waals surface area contributed by atoms with Gasteiger partial charge in [-0.1, -0.05) is 13.8 Å². The fraction of sp³-hybridized carbons (Fsp3) is 0.421. The van der Waals surface area contributed by atoms with Gasteiger partial charge in [-0.15, -0.1) is 0 Å². The molecule has 5 N–H and O–H groups in total. The second-order valence-electron chi connectivity index (χ2n) is 7.21. The number of carbonyl (C=O) groups excluding carboxylic acids is 1. The fourth-order valence-corrected chi connectivity index (χ4v) is 2.81. The largest absolute Gasteiger partial charge is 0.474 e. The molecule has 2 rings (SSSR count). The maximum absolute atomic E-state index is 11.3. The second kappa shape index (κ2) is 8.68. The third-order valence-electron chi connectivity index (χ3n) is 3.80. The van der Waals surface area contributed by atoms with Crippen LogP contribution in [0.4, 0.5) is 16.3 Å². The van der Waals surface area contributed by atoms with Gasteiger partial charge in [0, 0.05) is 23.5 Å². The first kappa shape index (κ1) is 20.4. The average molecular weight is 373 g/mol. The van der Waals surface area contributed by atoms with Gasteiger partial charge in [0.1, 0.15) is 12.4 Å². The lowest BCUT2D eigenvalue weighted by Crippen LogP contribution is -2.43. The number of methoxy groups -OCH3 is 1. The van der Waals surface area contributed by atoms with E-state index in [-0.39, 0.29) is 0 Å². The number of nitrogens with one attached hydrogen (secondary N) is 1. The molecule has 146 valence electrons. The molecule has 0 aliphatic heterocycles. The molecule has 0 fully saturated rings. The molecule has 0 saturated carbocycles. The van der Waals surface area contributed by atoms with Gasteiger partial charge in [0.2, 0.25) is 5.88 Å². The number of amides is 1. The average Bonchev–Trinajstić information content (AvgIpc) is 2.59. The minimum atomic E-state index is -0.590. The highest BCUT2D eigenvalue weighted by molar-refractivity contribution is 5.84. The van der Waals surface area contributed by atoms with Crippen LogP contribution in [0, 0.1) is 5.92 Å². The van der Waals surface area contributed by atoms with Crippen LogP contribution in [0.3, 0.4) is 0 Å². The maximum atomic E-state index is 11.3. The van der Waals surface area contributed by atoms with E-state index in [0.29, 0.717) is 29.9 Å². The van der Waals surface area contributed by atoms with Crippen LogP contribution in [0.15, 0.2) is 30.6 Å². The van der Waals surface area contributed by atoms with Crippen LogP contribution in [0.5, 0.6) is 5.88 Å². The number of pyridine rings is 2. The van der Waals surface area contributed by atoms with E-state index < -0.39 is 11.6 Å². The van der Waals surface area contributed by atoms with E-state index >= 15 is 0 Å². The predicted octanol–water partition coefficient (Wildman–Crippen LogP) is 3.05. The molecule has 0 spiro atoms.